The number of nitrogens with zero attached hydrogens (tertiary/aromatic N) is 1. The third-order valence-electron chi connectivity index (χ3n) is 6.55. The van der Waals surface area contributed by atoms with Crippen LogP contribution >= 0.6 is 11.6 Å². The lowest BCUT2D eigenvalue weighted by Crippen LogP contribution is -2.55. The molecule has 0 radical (unpaired) electrons. The van der Waals surface area contributed by atoms with E-state index in [0.717, 1.165) is 17.0 Å². The monoisotopic (exact) mass is 488 g/mol. The van der Waals surface area contributed by atoms with Gasteiger partial charge in [0.2, 0.25) is 11.8 Å². The number of halogens is 1. The van der Waals surface area contributed by atoms with Crippen LogP contribution in [0.3, 0.4) is 0 Å². The molecule has 1 aliphatic rings. The first-order chi connectivity index (χ1) is 15.2. The fraction of sp³-hybridized carbons (Fsp3) is 0.500. The summed E-state index contributed by atoms with van der Waals surface area (Å²) >= 11 is 6.06. The van der Waals surface area contributed by atoms with Gasteiger partial charge in [0, 0.05) is 24.5 Å². The molecule has 2 aromatic carbocycles. The molecule has 2 atom stereocenters. The lowest BCUT2D eigenvalue weighted by molar-refractivity contribution is -0.140. The quantitative estimate of drug-likeness (QED) is 0.576. The first-order valence-corrected chi connectivity index (χ1v) is 11.9. The van der Waals surface area contributed by atoms with Crippen LogP contribution in [-0.2, 0) is 16.0 Å². The van der Waals surface area contributed by atoms with Crippen LogP contribution in [-0.4, -0.2) is 41.3 Å². The second kappa shape index (κ2) is 12.9. The zero-order valence-electron chi connectivity index (χ0n) is 20.1. The van der Waals surface area contributed by atoms with Gasteiger partial charge in [0.1, 0.15) is 6.04 Å². The number of nitrogens with one attached hydrogen (secondary N) is 1. The van der Waals surface area contributed by atoms with Gasteiger partial charge in [0.25, 0.3) is 0 Å². The molecule has 0 aliphatic carbocycles. The summed E-state index contributed by atoms with van der Waals surface area (Å²) in [6.07, 6.45) is 1.95. The number of hydrogen-bond acceptors (Lipinski definition) is 2. The van der Waals surface area contributed by atoms with Gasteiger partial charge >= 0.3 is 0 Å². The van der Waals surface area contributed by atoms with Gasteiger partial charge in [-0.1, -0.05) is 89.2 Å². The Bertz CT molecular complexity index is 913. The van der Waals surface area contributed by atoms with Gasteiger partial charge < -0.3 is 15.7 Å². The van der Waals surface area contributed by atoms with Crippen LogP contribution in [0.15, 0.2) is 54.6 Å². The summed E-state index contributed by atoms with van der Waals surface area (Å²) in [7, 11) is 0. The molecule has 2 amide bonds. The summed E-state index contributed by atoms with van der Waals surface area (Å²) in [6.45, 7) is 9.78. The normalized spacial score (nSPS) is 17.8. The van der Waals surface area contributed by atoms with E-state index in [9.17, 15) is 9.59 Å². The highest BCUT2D eigenvalue weighted by molar-refractivity contribution is 6.30. The second-order valence-electron chi connectivity index (χ2n) is 9.92. The van der Waals surface area contributed by atoms with Crippen LogP contribution in [0, 0.1) is 11.3 Å². The van der Waals surface area contributed by atoms with Crippen molar-refractivity contribution in [3.8, 4) is 0 Å². The van der Waals surface area contributed by atoms with E-state index in [1.54, 1.807) is 0 Å². The first kappa shape index (κ1) is 29.7. The van der Waals surface area contributed by atoms with Gasteiger partial charge in [0.05, 0.1) is 0 Å². The maximum absolute atomic E-state index is 13.4. The van der Waals surface area contributed by atoms with Crippen molar-refractivity contribution in [1.82, 2.24) is 10.2 Å². The number of piperidine rings is 1. The Morgan fingerprint density at radius 1 is 1.09 bits per heavy atom. The predicted octanol–water partition coefficient (Wildman–Crippen LogP) is 5.27. The largest absolute Gasteiger partial charge is 0.412 e. The Morgan fingerprint density at radius 2 is 1.71 bits per heavy atom. The van der Waals surface area contributed by atoms with Crippen LogP contribution in [0.2, 0.25) is 5.02 Å². The van der Waals surface area contributed by atoms with Crippen molar-refractivity contribution >= 4 is 23.4 Å². The summed E-state index contributed by atoms with van der Waals surface area (Å²) in [5.41, 5.74) is 2.32. The van der Waals surface area contributed by atoms with Gasteiger partial charge in [-0.15, -0.1) is 0 Å². The number of amides is 2. The third kappa shape index (κ3) is 7.57. The minimum absolute atomic E-state index is 0. The van der Waals surface area contributed by atoms with Crippen molar-refractivity contribution in [3.63, 3.8) is 0 Å². The van der Waals surface area contributed by atoms with E-state index in [1.165, 1.54) is 5.56 Å². The molecule has 1 aliphatic heterocycles. The molecule has 1 heterocycles. The number of aryl methyl sites for hydroxylation is 1. The number of hydrogen-bond donors (Lipinski definition) is 1. The highest BCUT2D eigenvalue weighted by atomic mass is 35.5. The second-order valence-corrected chi connectivity index (χ2v) is 10.4. The molecule has 0 unspecified atom stereocenters. The van der Waals surface area contributed by atoms with E-state index in [4.69, 9.17) is 11.6 Å². The van der Waals surface area contributed by atoms with Crippen molar-refractivity contribution in [3.05, 3.63) is 70.7 Å². The summed E-state index contributed by atoms with van der Waals surface area (Å²) in [4.78, 5) is 28.0. The van der Waals surface area contributed by atoms with Crippen molar-refractivity contribution < 1.29 is 15.1 Å². The Morgan fingerprint density at radius 3 is 2.26 bits per heavy atom. The van der Waals surface area contributed by atoms with E-state index in [2.05, 4.69) is 31.3 Å². The van der Waals surface area contributed by atoms with E-state index >= 15 is 0 Å². The maximum Gasteiger partial charge on any atom is 0.245 e. The minimum atomic E-state index is -0.499. The van der Waals surface area contributed by atoms with Crippen LogP contribution in [0.1, 0.15) is 65.0 Å². The summed E-state index contributed by atoms with van der Waals surface area (Å²) in [5, 5.41) is 3.75. The summed E-state index contributed by atoms with van der Waals surface area (Å²) < 4.78 is 0. The van der Waals surface area contributed by atoms with Crippen molar-refractivity contribution in [2.75, 3.05) is 13.1 Å². The fourth-order valence-corrected chi connectivity index (χ4v) is 4.84. The van der Waals surface area contributed by atoms with Gasteiger partial charge in [0.15, 0.2) is 0 Å². The summed E-state index contributed by atoms with van der Waals surface area (Å²) in [6, 6.07) is 17.5. The topological polar surface area (TPSA) is 80.9 Å². The standard InChI is InChI=1S/C27H35ClN2O2.CH4.H2O/c1-19(2)25(29-24(31)15-10-20-8-6-5-7-9-20)26(32)30-17-16-23(27(3,4)18-30)21-11-13-22(28)14-12-21;;/h5-9,11-14,19,23,25H,10,15-18H2,1-4H3,(H,29,31);1H4;1H2/t23-,25-;;/m1../s1. The number of carbonyl (C=O) groups is 2. The molecule has 1 fully saturated rings. The van der Waals surface area contributed by atoms with Gasteiger partial charge in [-0.2, -0.15) is 0 Å². The molecule has 0 spiro atoms. The average molecular weight is 489 g/mol. The maximum atomic E-state index is 13.4. The number of likely N-dealkylation sites (tertiary alicyclic amines) is 1. The molecule has 0 saturated carbocycles. The van der Waals surface area contributed by atoms with E-state index in [-0.39, 0.29) is 36.1 Å². The molecular weight excluding hydrogens is 448 g/mol. The van der Waals surface area contributed by atoms with Crippen LogP contribution in [0.25, 0.3) is 0 Å². The molecule has 5 nitrogen and oxygen atoms in total. The van der Waals surface area contributed by atoms with E-state index in [0.29, 0.717) is 31.8 Å². The fourth-order valence-electron chi connectivity index (χ4n) is 4.72. The molecule has 3 rings (SSSR count). The highest BCUT2D eigenvalue weighted by Crippen LogP contribution is 2.42. The Hall–Kier alpha value is -2.37. The van der Waals surface area contributed by atoms with Gasteiger partial charge in [-0.3, -0.25) is 9.59 Å². The van der Waals surface area contributed by atoms with Gasteiger partial charge in [-0.05, 0) is 53.4 Å². The van der Waals surface area contributed by atoms with E-state index < -0.39 is 6.04 Å². The third-order valence-corrected chi connectivity index (χ3v) is 6.80. The smallest absolute Gasteiger partial charge is 0.245 e. The highest BCUT2D eigenvalue weighted by Gasteiger charge is 2.40. The molecule has 188 valence electrons. The molecule has 1 saturated heterocycles. The van der Waals surface area contributed by atoms with Gasteiger partial charge in [-0.25, -0.2) is 0 Å². The SMILES string of the molecule is C.CC(C)[C@@H](NC(=O)CCc1ccccc1)C(=O)N1CC[C@H](c2ccc(Cl)cc2)C(C)(C)C1.O. The average Bonchev–Trinajstić information content (AvgIpc) is 2.76. The minimum Gasteiger partial charge on any atom is -0.412 e. The number of rotatable bonds is 7. The van der Waals surface area contributed by atoms with Crippen molar-refractivity contribution in [2.24, 2.45) is 11.3 Å². The predicted molar refractivity (Wildman–Crippen MR) is 141 cm³/mol. The van der Waals surface area contributed by atoms with Crippen LogP contribution in [0.4, 0.5) is 0 Å². The molecule has 3 N–H and O–H groups in total. The molecule has 2 aromatic rings. The first-order valence-electron chi connectivity index (χ1n) is 11.5. The van der Waals surface area contributed by atoms with Crippen molar-refractivity contribution in [2.45, 2.75) is 66.3 Å². The molecule has 0 bridgehead atoms. The molecule has 0 aromatic heterocycles. The molecular formula is C28H41ClN2O3. The number of carbonyl (C=O) groups excluding carboxylic acids is 2. The Labute approximate surface area is 210 Å². The Kier molecular flexibility index (Phi) is 11.3. The zero-order valence-corrected chi connectivity index (χ0v) is 20.9. The lowest BCUT2D eigenvalue weighted by Gasteiger charge is -2.45. The lowest BCUT2D eigenvalue weighted by atomic mass is 9.70. The Balaban J connectivity index is 0.00000289. The van der Waals surface area contributed by atoms with Crippen LogP contribution in [0.5, 0.6) is 0 Å². The van der Waals surface area contributed by atoms with Crippen molar-refractivity contribution in [1.29, 1.82) is 0 Å². The molecule has 6 heteroatoms. The zero-order chi connectivity index (χ0) is 23.3. The van der Waals surface area contributed by atoms with Crippen LogP contribution < -0.4 is 5.32 Å². The molecule has 34 heavy (non-hydrogen) atoms. The number of benzene rings is 2. The summed E-state index contributed by atoms with van der Waals surface area (Å²) in [5.74, 6) is 0.342. The van der Waals surface area contributed by atoms with E-state index in [1.807, 2.05) is 61.2 Å².